The Morgan fingerprint density at radius 2 is 1.86 bits per heavy atom. The van der Waals surface area contributed by atoms with Crippen molar-refractivity contribution in [2.24, 2.45) is 5.92 Å². The van der Waals surface area contributed by atoms with Crippen LogP contribution in [0.1, 0.15) is 75.3 Å². The minimum absolute atomic E-state index is 0.0427. The Morgan fingerprint density at radius 3 is 2.49 bits per heavy atom. The van der Waals surface area contributed by atoms with Crippen LogP contribution in [0.15, 0.2) is 15.7 Å². The van der Waals surface area contributed by atoms with Gasteiger partial charge in [-0.3, -0.25) is 24.0 Å². The summed E-state index contributed by atoms with van der Waals surface area (Å²) in [6.07, 6.45) is 4.16. The Kier molecular flexibility index (Phi) is 8.06. The molecule has 0 spiro atoms. The van der Waals surface area contributed by atoms with Crippen LogP contribution in [0.4, 0.5) is 0 Å². The highest BCUT2D eigenvalue weighted by Gasteiger charge is 2.31. The molecule has 2 aromatic heterocycles. The highest BCUT2D eigenvalue weighted by molar-refractivity contribution is 6.05. The number of hydrogen-bond acceptors (Lipinski definition) is 6. The van der Waals surface area contributed by atoms with Crippen LogP contribution >= 0.6 is 0 Å². The van der Waals surface area contributed by atoms with E-state index in [1.54, 1.807) is 6.07 Å². The maximum atomic E-state index is 14.2. The fourth-order valence-corrected chi connectivity index (χ4v) is 5.19. The zero-order valence-corrected chi connectivity index (χ0v) is 21.5. The van der Waals surface area contributed by atoms with Crippen molar-refractivity contribution < 1.29 is 9.53 Å². The molecule has 1 aliphatic heterocycles. The molecule has 2 aromatic rings. The van der Waals surface area contributed by atoms with Crippen LogP contribution in [0.5, 0.6) is 0 Å². The second-order valence-corrected chi connectivity index (χ2v) is 10.6. The topological polar surface area (TPSA) is 101 Å². The molecular formula is C26H39N5O4. The molecule has 35 heavy (non-hydrogen) atoms. The van der Waals surface area contributed by atoms with Crippen LogP contribution in [0.25, 0.3) is 11.0 Å². The Bertz CT molecular complexity index is 1160. The molecule has 9 heteroatoms. The number of morpholine rings is 1. The third kappa shape index (κ3) is 5.67. The number of fused-ring (bicyclic) bond motifs is 1. The number of aromatic nitrogens is 3. The van der Waals surface area contributed by atoms with Crippen molar-refractivity contribution in [3.63, 3.8) is 0 Å². The molecule has 9 nitrogen and oxygen atoms in total. The van der Waals surface area contributed by atoms with Gasteiger partial charge in [0, 0.05) is 44.5 Å². The Balaban J connectivity index is 1.80. The van der Waals surface area contributed by atoms with Gasteiger partial charge in [0.2, 0.25) is 0 Å². The summed E-state index contributed by atoms with van der Waals surface area (Å²) >= 11 is 0. The molecule has 1 saturated carbocycles. The second kappa shape index (κ2) is 11.0. The molecule has 1 saturated heterocycles. The SMILES string of the molecule is CC(C)Cn1c(=O)[nH]c(=O)c2c(C(=O)N(CCN3CCOCC3)C3CCCC3)cc(C(C)C)nc21. The lowest BCUT2D eigenvalue weighted by Crippen LogP contribution is -2.46. The first kappa shape index (κ1) is 25.6. The lowest BCUT2D eigenvalue weighted by Gasteiger charge is -2.33. The summed E-state index contributed by atoms with van der Waals surface area (Å²) in [4.78, 5) is 51.5. The number of carbonyl (C=O) groups is 1. The standard InChI is InChI=1S/C26H39N5O4/c1-17(2)16-31-23-22(24(32)28-26(31)34)20(15-21(27-23)18(3)4)25(33)30(19-7-5-6-8-19)10-9-29-11-13-35-14-12-29/h15,17-19H,5-14,16H2,1-4H3,(H,28,32,34). The summed E-state index contributed by atoms with van der Waals surface area (Å²) in [5.41, 5.74) is 0.342. The van der Waals surface area contributed by atoms with Gasteiger partial charge < -0.3 is 9.64 Å². The van der Waals surface area contributed by atoms with Gasteiger partial charge in [-0.25, -0.2) is 9.78 Å². The van der Waals surface area contributed by atoms with Crippen LogP contribution in [0.3, 0.4) is 0 Å². The van der Waals surface area contributed by atoms with Crippen LogP contribution in [-0.4, -0.2) is 75.7 Å². The van der Waals surface area contributed by atoms with Crippen molar-refractivity contribution in [1.29, 1.82) is 0 Å². The lowest BCUT2D eigenvalue weighted by atomic mass is 10.0. The minimum Gasteiger partial charge on any atom is -0.379 e. The summed E-state index contributed by atoms with van der Waals surface area (Å²) in [5, 5.41) is 0.217. The maximum absolute atomic E-state index is 14.2. The zero-order valence-electron chi connectivity index (χ0n) is 21.5. The molecule has 0 atom stereocenters. The van der Waals surface area contributed by atoms with E-state index in [2.05, 4.69) is 9.88 Å². The number of rotatable bonds is 8. The highest BCUT2D eigenvalue weighted by atomic mass is 16.5. The van der Waals surface area contributed by atoms with E-state index in [4.69, 9.17) is 9.72 Å². The molecule has 192 valence electrons. The van der Waals surface area contributed by atoms with Gasteiger partial charge in [0.15, 0.2) is 5.65 Å². The molecule has 1 N–H and O–H groups in total. The molecule has 0 radical (unpaired) electrons. The van der Waals surface area contributed by atoms with Crippen LogP contribution in [0, 0.1) is 5.92 Å². The number of carbonyl (C=O) groups excluding carboxylic acids is 1. The van der Waals surface area contributed by atoms with Gasteiger partial charge in [-0.15, -0.1) is 0 Å². The first-order valence-corrected chi connectivity index (χ1v) is 13.0. The quantitative estimate of drug-likeness (QED) is 0.617. The van der Waals surface area contributed by atoms with Crippen molar-refractivity contribution in [2.45, 2.75) is 71.9 Å². The van der Waals surface area contributed by atoms with Crippen molar-refractivity contribution >= 4 is 16.9 Å². The molecule has 2 aliphatic rings. The number of aromatic amines is 1. The van der Waals surface area contributed by atoms with Crippen LogP contribution in [-0.2, 0) is 11.3 Å². The van der Waals surface area contributed by atoms with E-state index in [1.165, 1.54) is 4.57 Å². The molecule has 0 aromatic carbocycles. The molecule has 3 heterocycles. The van der Waals surface area contributed by atoms with E-state index in [9.17, 15) is 14.4 Å². The minimum atomic E-state index is -0.546. The van der Waals surface area contributed by atoms with Crippen molar-refractivity contribution in [3.05, 3.63) is 38.2 Å². The second-order valence-electron chi connectivity index (χ2n) is 10.6. The highest BCUT2D eigenvalue weighted by Crippen LogP contribution is 2.27. The number of H-pyrrole nitrogens is 1. The summed E-state index contributed by atoms with van der Waals surface area (Å²) < 4.78 is 6.98. The van der Waals surface area contributed by atoms with Crippen LogP contribution in [0.2, 0.25) is 0 Å². The summed E-state index contributed by atoms with van der Waals surface area (Å²) in [5.74, 6) is 0.0785. The fourth-order valence-electron chi connectivity index (χ4n) is 5.19. The van der Waals surface area contributed by atoms with Crippen molar-refractivity contribution in [3.8, 4) is 0 Å². The third-order valence-electron chi connectivity index (χ3n) is 7.13. The first-order chi connectivity index (χ1) is 16.8. The van der Waals surface area contributed by atoms with E-state index in [-0.39, 0.29) is 29.2 Å². The monoisotopic (exact) mass is 485 g/mol. The molecule has 1 aliphatic carbocycles. The predicted octanol–water partition coefficient (Wildman–Crippen LogP) is 2.58. The van der Waals surface area contributed by atoms with E-state index in [1.807, 2.05) is 32.6 Å². The number of nitrogens with one attached hydrogen (secondary N) is 1. The third-order valence-corrected chi connectivity index (χ3v) is 7.13. The number of ether oxygens (including phenoxy) is 1. The van der Waals surface area contributed by atoms with E-state index in [0.717, 1.165) is 45.3 Å². The summed E-state index contributed by atoms with van der Waals surface area (Å²) in [6.45, 7) is 13.0. The van der Waals surface area contributed by atoms with Crippen molar-refractivity contribution in [1.82, 2.24) is 24.3 Å². The molecule has 1 amide bonds. The van der Waals surface area contributed by atoms with Gasteiger partial charge in [-0.2, -0.15) is 0 Å². The fraction of sp³-hybridized carbons (Fsp3) is 0.692. The number of hydrogen-bond donors (Lipinski definition) is 1. The smallest absolute Gasteiger partial charge is 0.330 e. The van der Waals surface area contributed by atoms with Crippen molar-refractivity contribution in [2.75, 3.05) is 39.4 Å². The summed E-state index contributed by atoms with van der Waals surface area (Å²) in [6, 6.07) is 1.93. The van der Waals surface area contributed by atoms with E-state index in [0.29, 0.717) is 43.2 Å². The first-order valence-electron chi connectivity index (χ1n) is 13.0. The van der Waals surface area contributed by atoms with Gasteiger partial charge in [0.05, 0.1) is 24.2 Å². The van der Waals surface area contributed by atoms with Gasteiger partial charge >= 0.3 is 5.69 Å². The predicted molar refractivity (Wildman–Crippen MR) is 136 cm³/mol. The average molecular weight is 486 g/mol. The Hall–Kier alpha value is -2.52. The van der Waals surface area contributed by atoms with Gasteiger partial charge in [0.25, 0.3) is 11.5 Å². The largest absolute Gasteiger partial charge is 0.379 e. The molecule has 2 fully saturated rings. The molecule has 4 rings (SSSR count). The van der Waals surface area contributed by atoms with E-state index >= 15 is 0 Å². The normalized spacial score (nSPS) is 17.7. The summed E-state index contributed by atoms with van der Waals surface area (Å²) in [7, 11) is 0. The van der Waals surface area contributed by atoms with Gasteiger partial charge in [-0.1, -0.05) is 40.5 Å². The number of pyridine rings is 1. The maximum Gasteiger partial charge on any atom is 0.330 e. The molecule has 0 bridgehead atoms. The average Bonchev–Trinajstić information content (AvgIpc) is 3.36. The Morgan fingerprint density at radius 1 is 1.17 bits per heavy atom. The van der Waals surface area contributed by atoms with E-state index < -0.39 is 11.2 Å². The van der Waals surface area contributed by atoms with Crippen LogP contribution < -0.4 is 11.2 Å². The number of amides is 1. The number of nitrogens with zero attached hydrogens (tertiary/aromatic N) is 4. The van der Waals surface area contributed by atoms with Gasteiger partial charge in [-0.05, 0) is 30.7 Å². The Labute approximate surface area is 206 Å². The zero-order chi connectivity index (χ0) is 25.1. The molecular weight excluding hydrogens is 446 g/mol. The lowest BCUT2D eigenvalue weighted by molar-refractivity contribution is 0.0298. The van der Waals surface area contributed by atoms with Gasteiger partial charge in [0.1, 0.15) is 0 Å². The molecule has 0 unspecified atom stereocenters.